The van der Waals surface area contributed by atoms with Crippen LogP contribution in [0.25, 0.3) is 0 Å². The van der Waals surface area contributed by atoms with Crippen molar-refractivity contribution in [2.45, 2.75) is 33.1 Å². The van der Waals surface area contributed by atoms with Crippen LogP contribution in [0, 0.1) is 18.3 Å². The van der Waals surface area contributed by atoms with Gasteiger partial charge in [0.25, 0.3) is 5.91 Å². The second kappa shape index (κ2) is 11.1. The Kier molecular flexibility index (Phi) is 9.02. The average molecular weight is 331 g/mol. The fraction of sp³-hybridized carbons (Fsp3) is 0.444. The maximum Gasteiger partial charge on any atom is 0.267 e. The highest BCUT2D eigenvalue weighted by atomic mass is 16.5. The van der Waals surface area contributed by atoms with E-state index in [1.807, 2.05) is 6.07 Å². The van der Waals surface area contributed by atoms with Crippen molar-refractivity contribution < 1.29 is 14.6 Å². The van der Waals surface area contributed by atoms with Gasteiger partial charge in [-0.25, -0.2) is 0 Å². The number of phenolic OH excluding ortho intramolecular Hbond substituents is 1. The minimum Gasteiger partial charge on any atom is -0.508 e. The fourth-order valence-corrected chi connectivity index (χ4v) is 1.93. The van der Waals surface area contributed by atoms with Crippen LogP contribution in [0.3, 0.4) is 0 Å². The monoisotopic (exact) mass is 331 g/mol. The van der Waals surface area contributed by atoms with E-state index in [9.17, 15) is 9.90 Å². The van der Waals surface area contributed by atoms with E-state index in [1.54, 1.807) is 19.1 Å². The molecule has 1 amide bonds. The van der Waals surface area contributed by atoms with Gasteiger partial charge in [0.1, 0.15) is 17.4 Å². The number of nitrogens with zero attached hydrogens (tertiary/aromatic N) is 1. The number of phenols is 1. The average Bonchev–Trinajstić information content (AvgIpc) is 2.56. The number of nitrogens with one attached hydrogen (secondary N) is 2. The largest absolute Gasteiger partial charge is 0.508 e. The Labute approximate surface area is 143 Å². The van der Waals surface area contributed by atoms with Crippen LogP contribution in [0.15, 0.2) is 30.0 Å². The fourth-order valence-electron chi connectivity index (χ4n) is 1.93. The molecule has 0 unspecified atom stereocenters. The number of carbonyl (C=O) groups is 1. The number of aromatic hydroxyl groups is 1. The second-order valence-electron chi connectivity index (χ2n) is 5.40. The lowest BCUT2D eigenvalue weighted by Gasteiger charge is -2.08. The summed E-state index contributed by atoms with van der Waals surface area (Å²) in [7, 11) is 0. The van der Waals surface area contributed by atoms with E-state index in [0.717, 1.165) is 31.4 Å². The number of aryl methyl sites for hydroxylation is 1. The van der Waals surface area contributed by atoms with Crippen LogP contribution < -0.4 is 10.6 Å². The number of hydrogen-bond acceptors (Lipinski definition) is 5. The van der Waals surface area contributed by atoms with Crippen molar-refractivity contribution >= 4 is 11.6 Å². The molecule has 0 saturated carbocycles. The molecule has 0 aliphatic rings. The first kappa shape index (κ1) is 19.5. The van der Waals surface area contributed by atoms with Crippen molar-refractivity contribution in [2.75, 3.05) is 25.1 Å². The molecule has 0 atom stereocenters. The van der Waals surface area contributed by atoms with E-state index in [-0.39, 0.29) is 11.3 Å². The van der Waals surface area contributed by atoms with Gasteiger partial charge in [0.05, 0.1) is 0 Å². The van der Waals surface area contributed by atoms with Crippen molar-refractivity contribution in [1.82, 2.24) is 5.32 Å². The molecule has 0 aliphatic carbocycles. The maximum atomic E-state index is 12.1. The summed E-state index contributed by atoms with van der Waals surface area (Å²) in [5.74, 6) is -0.359. The normalized spacial score (nSPS) is 11.0. The highest BCUT2D eigenvalue weighted by molar-refractivity contribution is 6.06. The summed E-state index contributed by atoms with van der Waals surface area (Å²) >= 11 is 0. The van der Waals surface area contributed by atoms with E-state index in [0.29, 0.717) is 18.8 Å². The smallest absolute Gasteiger partial charge is 0.267 e. The van der Waals surface area contributed by atoms with Crippen molar-refractivity contribution in [3.05, 3.63) is 35.5 Å². The highest BCUT2D eigenvalue weighted by Crippen LogP contribution is 2.20. The maximum absolute atomic E-state index is 12.1. The summed E-state index contributed by atoms with van der Waals surface area (Å²) in [6.45, 7) is 5.93. The van der Waals surface area contributed by atoms with Crippen LogP contribution in [0.2, 0.25) is 0 Å². The molecule has 0 fully saturated rings. The van der Waals surface area contributed by atoms with E-state index in [2.05, 4.69) is 17.6 Å². The number of nitriles is 1. The molecular formula is C18H25N3O3. The van der Waals surface area contributed by atoms with Gasteiger partial charge in [-0.15, -0.1) is 0 Å². The molecule has 0 saturated heterocycles. The lowest BCUT2D eigenvalue weighted by atomic mass is 10.2. The number of benzene rings is 1. The number of carbonyl (C=O) groups excluding carboxylic acids is 1. The first-order valence-electron chi connectivity index (χ1n) is 8.10. The number of unbranched alkanes of at least 4 members (excludes halogenated alkanes) is 1. The van der Waals surface area contributed by atoms with Crippen LogP contribution in [0.5, 0.6) is 5.75 Å². The lowest BCUT2D eigenvalue weighted by molar-refractivity contribution is -0.112. The van der Waals surface area contributed by atoms with Crippen LogP contribution >= 0.6 is 0 Å². The van der Waals surface area contributed by atoms with Gasteiger partial charge in [0, 0.05) is 31.6 Å². The lowest BCUT2D eigenvalue weighted by Crippen LogP contribution is -2.18. The highest BCUT2D eigenvalue weighted by Gasteiger charge is 2.10. The van der Waals surface area contributed by atoms with E-state index < -0.39 is 5.91 Å². The Morgan fingerprint density at radius 1 is 1.38 bits per heavy atom. The van der Waals surface area contributed by atoms with Crippen molar-refractivity contribution in [3.63, 3.8) is 0 Å². The molecule has 0 aliphatic heterocycles. The zero-order valence-corrected chi connectivity index (χ0v) is 14.3. The Bertz CT molecular complexity index is 606. The summed E-state index contributed by atoms with van der Waals surface area (Å²) < 4.78 is 5.43. The van der Waals surface area contributed by atoms with Gasteiger partial charge < -0.3 is 20.5 Å². The van der Waals surface area contributed by atoms with Crippen molar-refractivity contribution in [3.8, 4) is 11.8 Å². The molecule has 130 valence electrons. The minimum atomic E-state index is -0.488. The molecule has 0 aromatic heterocycles. The number of hydrogen-bond donors (Lipinski definition) is 3. The first-order valence-corrected chi connectivity index (χ1v) is 8.10. The molecule has 0 heterocycles. The van der Waals surface area contributed by atoms with Crippen LogP contribution in [-0.2, 0) is 9.53 Å². The predicted molar refractivity (Wildman–Crippen MR) is 93.5 cm³/mol. The van der Waals surface area contributed by atoms with Gasteiger partial charge in [-0.3, -0.25) is 4.79 Å². The number of amides is 1. The van der Waals surface area contributed by atoms with Gasteiger partial charge in [-0.1, -0.05) is 13.3 Å². The Morgan fingerprint density at radius 2 is 2.12 bits per heavy atom. The molecule has 6 nitrogen and oxygen atoms in total. The number of rotatable bonds is 10. The Morgan fingerprint density at radius 3 is 2.79 bits per heavy atom. The molecule has 1 rings (SSSR count). The number of ether oxygens (including phenoxy) is 1. The third-order valence-corrected chi connectivity index (χ3v) is 3.32. The topological polar surface area (TPSA) is 94.4 Å². The predicted octanol–water partition coefficient (Wildman–Crippen LogP) is 2.84. The molecular weight excluding hydrogens is 306 g/mol. The molecule has 0 bridgehead atoms. The quantitative estimate of drug-likeness (QED) is 0.265. The number of anilines is 1. The van der Waals surface area contributed by atoms with Gasteiger partial charge in [0.15, 0.2) is 0 Å². The third kappa shape index (κ3) is 7.16. The van der Waals surface area contributed by atoms with Gasteiger partial charge in [0.2, 0.25) is 0 Å². The SMILES string of the molecule is CCCCOCCCN/C=C(/C#N)C(=O)Nc1ccc(O)cc1C. The van der Waals surface area contributed by atoms with E-state index >= 15 is 0 Å². The first-order chi connectivity index (χ1) is 11.6. The third-order valence-electron chi connectivity index (χ3n) is 3.32. The minimum absolute atomic E-state index is 0.00521. The molecule has 6 heteroatoms. The van der Waals surface area contributed by atoms with E-state index in [4.69, 9.17) is 10.00 Å². The molecule has 3 N–H and O–H groups in total. The molecule has 0 spiro atoms. The molecule has 1 aromatic rings. The standard InChI is InChI=1S/C18H25N3O3/c1-3-4-9-24-10-5-8-20-13-15(12-19)18(23)21-17-7-6-16(22)11-14(17)2/h6-7,11,13,20,22H,3-5,8-10H2,1-2H3,(H,21,23)/b15-13-. The summed E-state index contributed by atoms with van der Waals surface area (Å²) in [6, 6.07) is 6.50. The van der Waals surface area contributed by atoms with E-state index in [1.165, 1.54) is 12.3 Å². The molecule has 24 heavy (non-hydrogen) atoms. The molecule has 0 radical (unpaired) electrons. The summed E-state index contributed by atoms with van der Waals surface area (Å²) in [5, 5.41) is 24.1. The zero-order valence-electron chi connectivity index (χ0n) is 14.3. The van der Waals surface area contributed by atoms with Gasteiger partial charge in [-0.05, 0) is 43.5 Å². The van der Waals surface area contributed by atoms with Crippen LogP contribution in [0.1, 0.15) is 31.7 Å². The molecule has 1 aromatic carbocycles. The Balaban J connectivity index is 2.41. The van der Waals surface area contributed by atoms with Crippen LogP contribution in [-0.4, -0.2) is 30.8 Å². The summed E-state index contributed by atoms with van der Waals surface area (Å²) in [6.07, 6.45) is 4.39. The van der Waals surface area contributed by atoms with Crippen molar-refractivity contribution in [2.24, 2.45) is 0 Å². The summed E-state index contributed by atoms with van der Waals surface area (Å²) in [5.41, 5.74) is 1.27. The second-order valence-corrected chi connectivity index (χ2v) is 5.40. The van der Waals surface area contributed by atoms with Gasteiger partial charge in [-0.2, -0.15) is 5.26 Å². The summed E-state index contributed by atoms with van der Waals surface area (Å²) in [4.78, 5) is 12.1. The zero-order chi connectivity index (χ0) is 17.8. The Hall–Kier alpha value is -2.52. The van der Waals surface area contributed by atoms with Crippen LogP contribution in [0.4, 0.5) is 5.69 Å². The van der Waals surface area contributed by atoms with Crippen molar-refractivity contribution in [1.29, 1.82) is 5.26 Å². The van der Waals surface area contributed by atoms with Gasteiger partial charge >= 0.3 is 0 Å².